The van der Waals surface area contributed by atoms with Gasteiger partial charge in [0.15, 0.2) is 0 Å². The molecule has 1 atom stereocenters. The number of aliphatic hydroxyl groups excluding tert-OH is 1. The number of ether oxygens (including phenoxy) is 4. The fourth-order valence-corrected chi connectivity index (χ4v) is 3.53. The number of esters is 3. The Hall–Kier alpha value is -5.35. The fourth-order valence-electron chi connectivity index (χ4n) is 3.53. The summed E-state index contributed by atoms with van der Waals surface area (Å²) in [5, 5.41) is 10.5. The molecule has 0 aliphatic heterocycles. The smallest absolute Gasteiger partial charge is 0.338 e. The number of halogens is 2. The molecule has 228 valence electrons. The Morgan fingerprint density at radius 1 is 0.659 bits per heavy atom. The van der Waals surface area contributed by atoms with Crippen molar-refractivity contribution in [3.63, 3.8) is 0 Å². The van der Waals surface area contributed by atoms with E-state index in [-0.39, 0.29) is 50.7 Å². The quantitative estimate of drug-likeness (QED) is 0.0818. The molecule has 0 aromatic heterocycles. The molecule has 0 fully saturated rings. The van der Waals surface area contributed by atoms with Gasteiger partial charge in [0.1, 0.15) is 34.6 Å². The number of aliphatic hydroxyl groups is 1. The largest absolute Gasteiger partial charge is 0.461 e. The first-order chi connectivity index (χ1) is 20.6. The number of rotatable bonds is 11. The molecule has 10 heteroatoms. The fraction of sp³-hybridized carbons (Fsp3) is 0.147. The van der Waals surface area contributed by atoms with E-state index in [9.17, 15) is 19.5 Å². The van der Waals surface area contributed by atoms with Gasteiger partial charge in [0.05, 0.1) is 5.56 Å². The average molecular weight is 605 g/mol. The Kier molecular flexibility index (Phi) is 10.4. The summed E-state index contributed by atoms with van der Waals surface area (Å²) in [4.78, 5) is 36.4. The van der Waals surface area contributed by atoms with Crippen molar-refractivity contribution < 1.29 is 47.2 Å². The lowest BCUT2D eigenvalue weighted by molar-refractivity contribution is -0.130. The Morgan fingerprint density at radius 3 is 1.59 bits per heavy atom. The first-order valence-electron chi connectivity index (χ1n) is 13.0. The van der Waals surface area contributed by atoms with Crippen molar-refractivity contribution in [2.75, 3.05) is 0 Å². The lowest BCUT2D eigenvalue weighted by Crippen LogP contribution is -2.17. The lowest BCUT2D eigenvalue weighted by Gasteiger charge is -2.21. The molecule has 8 nitrogen and oxygen atoms in total. The summed E-state index contributed by atoms with van der Waals surface area (Å²) in [7, 11) is 0. The molecular formula is C34H30F2O8. The number of carbonyl (C=O) groups is 3. The minimum absolute atomic E-state index is 0.0148. The molecule has 0 saturated carbocycles. The maximum Gasteiger partial charge on any atom is 0.338 e. The second-order valence-electron chi connectivity index (χ2n) is 9.96. The van der Waals surface area contributed by atoms with E-state index in [0.717, 1.165) is 18.2 Å². The van der Waals surface area contributed by atoms with Gasteiger partial charge in [-0.15, -0.1) is 0 Å². The van der Waals surface area contributed by atoms with Crippen molar-refractivity contribution in [1.82, 2.24) is 0 Å². The highest BCUT2D eigenvalue weighted by atomic mass is 19.1. The van der Waals surface area contributed by atoms with Crippen molar-refractivity contribution in [3.8, 4) is 45.3 Å². The van der Waals surface area contributed by atoms with E-state index < -0.39 is 47.1 Å². The van der Waals surface area contributed by atoms with Crippen molar-refractivity contribution >= 4 is 17.9 Å². The van der Waals surface area contributed by atoms with Gasteiger partial charge >= 0.3 is 17.9 Å². The summed E-state index contributed by atoms with van der Waals surface area (Å²) >= 11 is 0. The van der Waals surface area contributed by atoms with E-state index in [0.29, 0.717) is 5.56 Å². The van der Waals surface area contributed by atoms with Crippen molar-refractivity contribution in [1.29, 1.82) is 0 Å². The molecular weight excluding hydrogens is 574 g/mol. The maximum absolute atomic E-state index is 15.5. The monoisotopic (exact) mass is 604 g/mol. The summed E-state index contributed by atoms with van der Waals surface area (Å²) in [6.45, 7) is 19.9. The minimum atomic E-state index is -1.59. The highest BCUT2D eigenvalue weighted by Gasteiger charge is 2.25. The summed E-state index contributed by atoms with van der Waals surface area (Å²) in [6.07, 6.45) is -1.59. The SMILES string of the molecule is C=C(C)C(=O)Oc1ccc(-c2cc(OC(O)C(=C)C)c(-c3c(F)cc(OC(=O)C(=C)C)cc3F)cc2OC(=O)C(=C)C)cc1. The number of benzene rings is 3. The third-order valence-electron chi connectivity index (χ3n) is 5.86. The van der Waals surface area contributed by atoms with E-state index in [4.69, 9.17) is 18.9 Å². The van der Waals surface area contributed by atoms with E-state index in [2.05, 4.69) is 26.3 Å². The Labute approximate surface area is 253 Å². The molecule has 0 heterocycles. The van der Waals surface area contributed by atoms with Gasteiger partial charge in [-0.1, -0.05) is 38.4 Å². The molecule has 1 unspecified atom stereocenters. The highest BCUT2D eigenvalue weighted by molar-refractivity contribution is 5.92. The summed E-state index contributed by atoms with van der Waals surface area (Å²) in [5.41, 5.74) is 0.162. The first kappa shape index (κ1) is 33.2. The Morgan fingerprint density at radius 2 is 1.11 bits per heavy atom. The molecule has 3 aromatic carbocycles. The zero-order valence-corrected chi connectivity index (χ0v) is 24.6. The average Bonchev–Trinajstić information content (AvgIpc) is 2.93. The van der Waals surface area contributed by atoms with E-state index >= 15 is 8.78 Å². The van der Waals surface area contributed by atoms with Crippen molar-refractivity contribution in [3.05, 3.63) is 109 Å². The zero-order chi connectivity index (χ0) is 32.9. The van der Waals surface area contributed by atoms with Crippen LogP contribution in [0.5, 0.6) is 23.0 Å². The second kappa shape index (κ2) is 13.7. The van der Waals surface area contributed by atoms with Crippen LogP contribution in [0.1, 0.15) is 27.7 Å². The summed E-state index contributed by atoms with van der Waals surface area (Å²) < 4.78 is 52.4. The summed E-state index contributed by atoms with van der Waals surface area (Å²) in [5.74, 6) is -5.24. The van der Waals surface area contributed by atoms with E-state index in [1.54, 1.807) is 12.1 Å². The van der Waals surface area contributed by atoms with Crippen molar-refractivity contribution in [2.24, 2.45) is 0 Å². The molecule has 0 aliphatic carbocycles. The topological polar surface area (TPSA) is 108 Å². The van der Waals surface area contributed by atoms with Gasteiger partial charge in [0, 0.05) is 40.0 Å². The van der Waals surface area contributed by atoms with Crippen LogP contribution in [0.2, 0.25) is 0 Å². The third kappa shape index (κ3) is 7.93. The van der Waals surface area contributed by atoms with E-state index in [1.807, 2.05) is 0 Å². The van der Waals surface area contributed by atoms with Gasteiger partial charge in [0.2, 0.25) is 6.29 Å². The van der Waals surface area contributed by atoms with Crippen LogP contribution in [0.3, 0.4) is 0 Å². The molecule has 0 saturated heterocycles. The molecule has 0 bridgehead atoms. The van der Waals surface area contributed by atoms with Crippen LogP contribution in [0.15, 0.2) is 97.1 Å². The van der Waals surface area contributed by atoms with Gasteiger partial charge in [-0.3, -0.25) is 0 Å². The second-order valence-corrected chi connectivity index (χ2v) is 9.96. The predicted molar refractivity (Wildman–Crippen MR) is 160 cm³/mol. The molecule has 3 aromatic rings. The summed E-state index contributed by atoms with van der Waals surface area (Å²) in [6, 6.07) is 10.1. The van der Waals surface area contributed by atoms with Crippen LogP contribution in [0, 0.1) is 11.6 Å². The number of hydrogen-bond donors (Lipinski definition) is 1. The third-order valence-corrected chi connectivity index (χ3v) is 5.86. The standard InChI is InChI=1S/C34H30F2O8/c1-17(2)31(37)41-22-11-9-21(10-12-22)24-15-29(44-34(40)20(7)8)25(16-28(24)43-33(39)19(5)6)30-26(35)13-23(14-27(30)36)42-32(38)18(3)4/h9-16,34,40H,1,3,5,7H2,2,4,6,8H3. The molecule has 3 rings (SSSR count). The molecule has 0 amide bonds. The number of hydrogen-bond acceptors (Lipinski definition) is 8. The van der Waals surface area contributed by atoms with Gasteiger partial charge in [0.25, 0.3) is 0 Å². The Balaban J connectivity index is 2.26. The molecule has 0 spiro atoms. The van der Waals surface area contributed by atoms with Crippen LogP contribution in [0.25, 0.3) is 22.3 Å². The lowest BCUT2D eigenvalue weighted by atomic mass is 9.96. The van der Waals surface area contributed by atoms with Crippen molar-refractivity contribution in [2.45, 2.75) is 34.0 Å². The molecule has 1 N–H and O–H groups in total. The molecule has 0 radical (unpaired) electrons. The number of carbonyl (C=O) groups excluding carboxylic acids is 3. The van der Waals surface area contributed by atoms with Gasteiger partial charge in [-0.05, 0) is 63.1 Å². The zero-order valence-electron chi connectivity index (χ0n) is 24.6. The van der Waals surface area contributed by atoms with Gasteiger partial charge < -0.3 is 24.1 Å². The predicted octanol–water partition coefficient (Wildman–Crippen LogP) is 7.02. The highest BCUT2D eigenvalue weighted by Crippen LogP contribution is 2.44. The van der Waals surface area contributed by atoms with E-state index in [1.165, 1.54) is 45.9 Å². The molecule has 44 heavy (non-hydrogen) atoms. The van der Waals surface area contributed by atoms with Gasteiger partial charge in [-0.25, -0.2) is 23.2 Å². The van der Waals surface area contributed by atoms with Gasteiger partial charge in [-0.2, -0.15) is 0 Å². The maximum atomic E-state index is 15.5. The molecule has 0 aliphatic rings. The Bertz CT molecular complexity index is 1680. The van der Waals surface area contributed by atoms with Crippen LogP contribution in [-0.4, -0.2) is 29.3 Å². The van der Waals surface area contributed by atoms with Crippen LogP contribution < -0.4 is 18.9 Å². The normalized spacial score (nSPS) is 11.2. The minimum Gasteiger partial charge on any atom is -0.461 e. The first-order valence-corrected chi connectivity index (χ1v) is 13.0. The van der Waals surface area contributed by atoms with Crippen LogP contribution in [-0.2, 0) is 14.4 Å². The van der Waals surface area contributed by atoms with Crippen LogP contribution >= 0.6 is 0 Å². The van der Waals surface area contributed by atoms with Crippen LogP contribution in [0.4, 0.5) is 8.78 Å².